The molecule has 18 heavy (non-hydrogen) atoms. The van der Waals surface area contributed by atoms with E-state index in [4.69, 9.17) is 0 Å². The van der Waals surface area contributed by atoms with Crippen molar-refractivity contribution in [3.8, 4) is 11.1 Å². The van der Waals surface area contributed by atoms with Crippen LogP contribution in [-0.4, -0.2) is 10.5 Å². The van der Waals surface area contributed by atoms with E-state index < -0.39 is 0 Å². The van der Waals surface area contributed by atoms with Crippen LogP contribution in [0.5, 0.6) is 0 Å². The molecule has 0 radical (unpaired) electrons. The summed E-state index contributed by atoms with van der Waals surface area (Å²) >= 11 is 0. The zero-order chi connectivity index (χ0) is 13.1. The normalized spacial score (nSPS) is 10.1. The predicted molar refractivity (Wildman–Crippen MR) is 71.4 cm³/mol. The molecule has 0 fully saturated rings. The zero-order valence-electron chi connectivity index (χ0n) is 10.3. The van der Waals surface area contributed by atoms with E-state index in [0.29, 0.717) is 0 Å². The summed E-state index contributed by atoms with van der Waals surface area (Å²) < 4.78 is 1.53. The fourth-order valence-electron chi connectivity index (χ4n) is 1.74. The van der Waals surface area contributed by atoms with E-state index >= 15 is 0 Å². The molecule has 0 saturated carbocycles. The summed E-state index contributed by atoms with van der Waals surface area (Å²) in [6.45, 7) is 1.47. The van der Waals surface area contributed by atoms with Crippen LogP contribution in [-0.2, 0) is 11.8 Å². The summed E-state index contributed by atoms with van der Waals surface area (Å²) in [6.07, 6.45) is 1.77. The Morgan fingerprint density at radius 2 is 1.94 bits per heavy atom. The Labute approximate surface area is 105 Å². The molecule has 1 aromatic heterocycles. The van der Waals surface area contributed by atoms with Gasteiger partial charge in [0.1, 0.15) is 0 Å². The number of anilines is 1. The van der Waals surface area contributed by atoms with Crippen molar-refractivity contribution >= 4 is 11.6 Å². The number of carbonyl (C=O) groups excluding carboxylic acids is 1. The molecule has 2 rings (SSSR count). The molecule has 0 spiro atoms. The number of hydrogen-bond acceptors (Lipinski definition) is 2. The highest BCUT2D eigenvalue weighted by atomic mass is 16.1. The number of hydrogen-bond donors (Lipinski definition) is 1. The van der Waals surface area contributed by atoms with Gasteiger partial charge >= 0.3 is 0 Å². The van der Waals surface area contributed by atoms with Crippen LogP contribution in [0.15, 0.2) is 47.4 Å². The maximum atomic E-state index is 11.3. The third kappa shape index (κ3) is 2.66. The number of benzene rings is 1. The number of aryl methyl sites for hydroxylation is 1. The van der Waals surface area contributed by atoms with Gasteiger partial charge in [0.15, 0.2) is 0 Å². The fraction of sp³-hybridized carbons (Fsp3) is 0.143. The first-order chi connectivity index (χ1) is 8.56. The van der Waals surface area contributed by atoms with Crippen LogP contribution in [0.1, 0.15) is 6.92 Å². The fourth-order valence-corrected chi connectivity index (χ4v) is 1.74. The van der Waals surface area contributed by atoms with Gasteiger partial charge in [-0.05, 0) is 29.3 Å². The van der Waals surface area contributed by atoms with E-state index in [1.54, 1.807) is 19.3 Å². The maximum Gasteiger partial charge on any atom is 0.250 e. The number of amides is 1. The van der Waals surface area contributed by atoms with Crippen LogP contribution in [0.2, 0.25) is 0 Å². The van der Waals surface area contributed by atoms with Crippen molar-refractivity contribution in [3.63, 3.8) is 0 Å². The largest absolute Gasteiger partial charge is 0.326 e. The second-order valence-electron chi connectivity index (χ2n) is 4.13. The van der Waals surface area contributed by atoms with Gasteiger partial charge in [-0.3, -0.25) is 9.59 Å². The van der Waals surface area contributed by atoms with Crippen molar-refractivity contribution in [2.24, 2.45) is 7.05 Å². The second-order valence-corrected chi connectivity index (χ2v) is 4.13. The van der Waals surface area contributed by atoms with E-state index in [1.807, 2.05) is 24.3 Å². The number of carbonyl (C=O) groups is 1. The molecule has 0 aliphatic carbocycles. The lowest BCUT2D eigenvalue weighted by Crippen LogP contribution is -2.13. The Bertz CT molecular complexity index is 644. The maximum absolute atomic E-state index is 11.3. The van der Waals surface area contributed by atoms with Crippen molar-refractivity contribution in [2.45, 2.75) is 6.92 Å². The third-order valence-electron chi connectivity index (χ3n) is 2.60. The lowest BCUT2D eigenvalue weighted by Gasteiger charge is -2.07. The van der Waals surface area contributed by atoms with Gasteiger partial charge in [-0.25, -0.2) is 0 Å². The molecule has 0 aliphatic rings. The molecule has 4 nitrogen and oxygen atoms in total. The van der Waals surface area contributed by atoms with Crippen LogP contribution < -0.4 is 10.9 Å². The van der Waals surface area contributed by atoms with E-state index in [9.17, 15) is 9.59 Å². The van der Waals surface area contributed by atoms with Crippen LogP contribution >= 0.6 is 0 Å². The third-order valence-corrected chi connectivity index (χ3v) is 2.60. The highest BCUT2D eigenvalue weighted by molar-refractivity contribution is 5.89. The van der Waals surface area contributed by atoms with Crippen molar-refractivity contribution in [2.75, 3.05) is 5.32 Å². The molecule has 1 amide bonds. The Balaban J connectivity index is 2.41. The van der Waals surface area contributed by atoms with Gasteiger partial charge in [-0.1, -0.05) is 12.1 Å². The average Bonchev–Trinajstić information content (AvgIpc) is 2.32. The quantitative estimate of drug-likeness (QED) is 0.875. The molecule has 0 atom stereocenters. The zero-order valence-corrected chi connectivity index (χ0v) is 10.3. The SMILES string of the molecule is CC(=O)Nc1cccc(-c2ccc(=O)n(C)c2)c1. The number of pyridine rings is 1. The Hall–Kier alpha value is -2.36. The second kappa shape index (κ2) is 4.87. The Morgan fingerprint density at radius 1 is 1.17 bits per heavy atom. The number of rotatable bonds is 2. The van der Waals surface area contributed by atoms with E-state index in [-0.39, 0.29) is 11.5 Å². The lowest BCUT2D eigenvalue weighted by molar-refractivity contribution is -0.114. The van der Waals surface area contributed by atoms with Gasteiger partial charge in [0.25, 0.3) is 0 Å². The monoisotopic (exact) mass is 242 g/mol. The first-order valence-electron chi connectivity index (χ1n) is 5.61. The van der Waals surface area contributed by atoms with Crippen molar-refractivity contribution in [1.29, 1.82) is 0 Å². The van der Waals surface area contributed by atoms with Crippen LogP contribution in [0.3, 0.4) is 0 Å². The molecule has 1 N–H and O–H groups in total. The van der Waals surface area contributed by atoms with Crippen molar-refractivity contribution < 1.29 is 4.79 Å². The smallest absolute Gasteiger partial charge is 0.250 e. The standard InChI is InChI=1S/C14H14N2O2/c1-10(17)15-13-5-3-4-11(8-13)12-6-7-14(18)16(2)9-12/h3-9H,1-2H3,(H,15,17). The first kappa shape index (κ1) is 12.1. The topological polar surface area (TPSA) is 51.1 Å². The number of nitrogens with zero attached hydrogens (tertiary/aromatic N) is 1. The number of nitrogens with one attached hydrogen (secondary N) is 1. The Kier molecular flexibility index (Phi) is 3.28. The molecule has 0 aliphatic heterocycles. The van der Waals surface area contributed by atoms with E-state index in [2.05, 4.69) is 5.32 Å². The Morgan fingerprint density at radius 3 is 2.61 bits per heavy atom. The van der Waals surface area contributed by atoms with E-state index in [0.717, 1.165) is 16.8 Å². The molecule has 2 aromatic rings. The van der Waals surface area contributed by atoms with Gasteiger partial charge in [-0.2, -0.15) is 0 Å². The molecular weight excluding hydrogens is 228 g/mol. The highest BCUT2D eigenvalue weighted by Crippen LogP contribution is 2.21. The molecule has 1 heterocycles. The van der Waals surface area contributed by atoms with Crippen LogP contribution in [0.4, 0.5) is 5.69 Å². The summed E-state index contributed by atoms with van der Waals surface area (Å²) in [4.78, 5) is 22.3. The summed E-state index contributed by atoms with van der Waals surface area (Å²) in [7, 11) is 1.71. The number of aromatic nitrogens is 1. The van der Waals surface area contributed by atoms with E-state index in [1.165, 1.54) is 17.6 Å². The van der Waals surface area contributed by atoms with Gasteiger partial charge in [-0.15, -0.1) is 0 Å². The highest BCUT2D eigenvalue weighted by Gasteiger charge is 2.01. The average molecular weight is 242 g/mol. The summed E-state index contributed by atoms with van der Waals surface area (Å²) in [6, 6.07) is 10.8. The van der Waals surface area contributed by atoms with Crippen LogP contribution in [0, 0.1) is 0 Å². The molecule has 0 unspecified atom stereocenters. The van der Waals surface area contributed by atoms with Gasteiger partial charge in [0.2, 0.25) is 11.5 Å². The van der Waals surface area contributed by atoms with Gasteiger partial charge in [0.05, 0.1) is 0 Å². The minimum Gasteiger partial charge on any atom is -0.326 e. The molecule has 92 valence electrons. The molecule has 1 aromatic carbocycles. The predicted octanol–water partition coefficient (Wildman–Crippen LogP) is 2.01. The summed E-state index contributed by atoms with van der Waals surface area (Å²) in [5, 5.41) is 2.73. The van der Waals surface area contributed by atoms with Crippen molar-refractivity contribution in [1.82, 2.24) is 4.57 Å². The molecule has 4 heteroatoms. The molecular formula is C14H14N2O2. The minimum atomic E-state index is -0.104. The van der Waals surface area contributed by atoms with Gasteiger partial charge < -0.3 is 9.88 Å². The van der Waals surface area contributed by atoms with Gasteiger partial charge in [0, 0.05) is 31.9 Å². The summed E-state index contributed by atoms with van der Waals surface area (Å²) in [5.41, 5.74) is 2.59. The van der Waals surface area contributed by atoms with Crippen LogP contribution in [0.25, 0.3) is 11.1 Å². The molecule has 0 bridgehead atoms. The van der Waals surface area contributed by atoms with Crippen molar-refractivity contribution in [3.05, 3.63) is 52.9 Å². The lowest BCUT2D eigenvalue weighted by atomic mass is 10.1. The summed E-state index contributed by atoms with van der Waals surface area (Å²) in [5.74, 6) is -0.104. The minimum absolute atomic E-state index is 0.0447. The first-order valence-corrected chi connectivity index (χ1v) is 5.61. The molecule has 0 saturated heterocycles.